The van der Waals surface area contributed by atoms with E-state index in [1.807, 2.05) is 47.7 Å². The maximum absolute atomic E-state index is 6.52. The van der Waals surface area contributed by atoms with Crippen LogP contribution in [0.1, 0.15) is 0 Å². The van der Waals surface area contributed by atoms with Crippen molar-refractivity contribution in [1.29, 1.82) is 0 Å². The highest BCUT2D eigenvalue weighted by atomic mass is 35.5. The number of halogens is 1. The standard InChI is InChI=1S/C34H17ClN2O2S/c35-34-36-31-22-14-12-19(18-13-15-29-24(16-18)20-6-2-4-11-28(20)40-29)17-27(22)39-33(31)32(37-34)23-8-5-10-26-30(23)21-7-1-3-9-25(21)38-26/h1-17H. The largest absolute Gasteiger partial charge is 0.456 e. The van der Waals surface area contributed by atoms with E-state index >= 15 is 0 Å². The molecule has 0 aliphatic heterocycles. The highest BCUT2D eigenvalue weighted by Crippen LogP contribution is 2.42. The van der Waals surface area contributed by atoms with Crippen LogP contribution in [-0.2, 0) is 0 Å². The number of thiophene rings is 1. The molecule has 0 saturated heterocycles. The van der Waals surface area contributed by atoms with E-state index in [0.29, 0.717) is 16.8 Å². The van der Waals surface area contributed by atoms with Crippen LogP contribution in [0.15, 0.2) is 112 Å². The fourth-order valence-electron chi connectivity index (χ4n) is 5.85. The summed E-state index contributed by atoms with van der Waals surface area (Å²) in [5.41, 5.74) is 7.41. The number of rotatable bonds is 2. The zero-order chi connectivity index (χ0) is 26.4. The lowest BCUT2D eigenvalue weighted by Gasteiger charge is -2.04. The SMILES string of the molecule is Clc1nc(-c2cccc3oc4ccccc4c23)c2oc3cc(-c4ccc5sc6ccccc6c5c4)ccc3c2n1. The monoisotopic (exact) mass is 552 g/mol. The van der Waals surface area contributed by atoms with Crippen molar-refractivity contribution in [3.8, 4) is 22.4 Å². The first-order valence-electron chi connectivity index (χ1n) is 12.9. The predicted octanol–water partition coefficient (Wildman–Crippen LogP) is 10.6. The van der Waals surface area contributed by atoms with Crippen LogP contribution in [0.2, 0.25) is 5.28 Å². The zero-order valence-corrected chi connectivity index (χ0v) is 22.4. The Morgan fingerprint density at radius 1 is 0.575 bits per heavy atom. The van der Waals surface area contributed by atoms with Crippen molar-refractivity contribution in [2.75, 3.05) is 0 Å². The molecule has 0 fully saturated rings. The maximum atomic E-state index is 6.52. The van der Waals surface area contributed by atoms with Gasteiger partial charge < -0.3 is 8.83 Å². The molecule has 0 unspecified atom stereocenters. The molecule has 0 aliphatic carbocycles. The van der Waals surface area contributed by atoms with Crippen molar-refractivity contribution in [3.05, 3.63) is 108 Å². The number of benzene rings is 5. The molecule has 5 aromatic carbocycles. The number of hydrogen-bond acceptors (Lipinski definition) is 5. The van der Waals surface area contributed by atoms with Gasteiger partial charge in [0, 0.05) is 41.9 Å². The second-order valence-electron chi connectivity index (χ2n) is 9.92. The summed E-state index contributed by atoms with van der Waals surface area (Å²) in [6, 6.07) is 35.4. The van der Waals surface area contributed by atoms with E-state index in [1.165, 1.54) is 20.2 Å². The van der Waals surface area contributed by atoms with Gasteiger partial charge in [-0.15, -0.1) is 11.3 Å². The minimum Gasteiger partial charge on any atom is -0.456 e. The van der Waals surface area contributed by atoms with E-state index in [0.717, 1.165) is 49.6 Å². The molecular weight excluding hydrogens is 536 g/mol. The molecule has 0 spiro atoms. The molecule has 9 aromatic rings. The summed E-state index contributed by atoms with van der Waals surface area (Å²) in [4.78, 5) is 9.25. The Morgan fingerprint density at radius 2 is 1.35 bits per heavy atom. The molecule has 6 heteroatoms. The Kier molecular flexibility index (Phi) is 4.51. The minimum absolute atomic E-state index is 0.175. The lowest BCUT2D eigenvalue weighted by Crippen LogP contribution is -1.90. The van der Waals surface area contributed by atoms with Gasteiger partial charge in [-0.3, -0.25) is 0 Å². The summed E-state index contributed by atoms with van der Waals surface area (Å²) in [5.74, 6) is 0. The first-order chi connectivity index (χ1) is 19.7. The van der Waals surface area contributed by atoms with Crippen LogP contribution in [0.5, 0.6) is 0 Å². The summed E-state index contributed by atoms with van der Waals surface area (Å²) in [7, 11) is 0. The molecule has 0 bridgehead atoms. The fraction of sp³-hybridized carbons (Fsp3) is 0. The lowest BCUT2D eigenvalue weighted by atomic mass is 10.0. The van der Waals surface area contributed by atoms with Gasteiger partial charge in [0.15, 0.2) is 5.58 Å². The highest BCUT2D eigenvalue weighted by Gasteiger charge is 2.21. The van der Waals surface area contributed by atoms with Gasteiger partial charge in [-0.1, -0.05) is 60.7 Å². The van der Waals surface area contributed by atoms with Crippen LogP contribution in [0, 0.1) is 0 Å². The molecule has 40 heavy (non-hydrogen) atoms. The van der Waals surface area contributed by atoms with Crippen molar-refractivity contribution in [2.24, 2.45) is 0 Å². The van der Waals surface area contributed by atoms with Gasteiger partial charge in [0.05, 0.1) is 0 Å². The first-order valence-corrected chi connectivity index (χ1v) is 14.1. The second-order valence-corrected chi connectivity index (χ2v) is 11.3. The number of hydrogen-bond donors (Lipinski definition) is 0. The van der Waals surface area contributed by atoms with Crippen LogP contribution in [0.25, 0.3) is 86.6 Å². The third kappa shape index (κ3) is 3.13. The van der Waals surface area contributed by atoms with Crippen molar-refractivity contribution >= 4 is 87.1 Å². The molecule has 4 heterocycles. The molecule has 0 aliphatic rings. The second kappa shape index (κ2) is 8.15. The van der Waals surface area contributed by atoms with Gasteiger partial charge in [0.25, 0.3) is 0 Å². The summed E-state index contributed by atoms with van der Waals surface area (Å²) < 4.78 is 15.2. The Bertz CT molecular complexity index is 2470. The Hall–Kier alpha value is -4.71. The average molecular weight is 553 g/mol. The predicted molar refractivity (Wildman–Crippen MR) is 165 cm³/mol. The van der Waals surface area contributed by atoms with E-state index in [4.69, 9.17) is 20.4 Å². The fourth-order valence-corrected chi connectivity index (χ4v) is 7.11. The number of furan rings is 2. The van der Waals surface area contributed by atoms with E-state index < -0.39 is 0 Å². The van der Waals surface area contributed by atoms with Crippen LogP contribution in [-0.4, -0.2) is 9.97 Å². The quantitative estimate of drug-likeness (QED) is 0.200. The maximum Gasteiger partial charge on any atom is 0.223 e. The van der Waals surface area contributed by atoms with Crippen molar-refractivity contribution < 1.29 is 8.83 Å². The molecule has 4 aromatic heterocycles. The van der Waals surface area contributed by atoms with Crippen LogP contribution >= 0.6 is 22.9 Å². The van der Waals surface area contributed by atoms with E-state index in [2.05, 4.69) is 76.7 Å². The van der Waals surface area contributed by atoms with E-state index in [9.17, 15) is 0 Å². The Labute approximate surface area is 236 Å². The third-order valence-electron chi connectivity index (χ3n) is 7.65. The summed E-state index contributed by atoms with van der Waals surface area (Å²) >= 11 is 8.33. The van der Waals surface area contributed by atoms with Gasteiger partial charge in [0.2, 0.25) is 5.28 Å². The van der Waals surface area contributed by atoms with Crippen LogP contribution < -0.4 is 0 Å². The minimum atomic E-state index is 0.175. The summed E-state index contributed by atoms with van der Waals surface area (Å²) in [6.45, 7) is 0. The molecule has 0 saturated carbocycles. The molecule has 0 amide bonds. The Morgan fingerprint density at radius 3 is 2.30 bits per heavy atom. The summed E-state index contributed by atoms with van der Waals surface area (Å²) in [5, 5.41) is 5.62. The molecular formula is C34H17ClN2O2S. The lowest BCUT2D eigenvalue weighted by molar-refractivity contribution is 0.667. The van der Waals surface area contributed by atoms with Crippen molar-refractivity contribution in [3.63, 3.8) is 0 Å². The van der Waals surface area contributed by atoms with E-state index in [-0.39, 0.29) is 5.28 Å². The van der Waals surface area contributed by atoms with Gasteiger partial charge >= 0.3 is 0 Å². The van der Waals surface area contributed by atoms with Gasteiger partial charge in [-0.05, 0) is 65.2 Å². The zero-order valence-electron chi connectivity index (χ0n) is 20.8. The highest BCUT2D eigenvalue weighted by molar-refractivity contribution is 7.25. The smallest absolute Gasteiger partial charge is 0.223 e. The molecule has 9 rings (SSSR count). The first kappa shape index (κ1) is 22.1. The number of aromatic nitrogens is 2. The number of para-hydroxylation sites is 1. The van der Waals surface area contributed by atoms with Crippen LogP contribution in [0.4, 0.5) is 0 Å². The van der Waals surface area contributed by atoms with Gasteiger partial charge in [-0.2, -0.15) is 0 Å². The molecule has 0 radical (unpaired) electrons. The van der Waals surface area contributed by atoms with Crippen molar-refractivity contribution in [1.82, 2.24) is 9.97 Å². The topological polar surface area (TPSA) is 52.1 Å². The van der Waals surface area contributed by atoms with E-state index in [1.54, 1.807) is 0 Å². The summed E-state index contributed by atoms with van der Waals surface area (Å²) in [6.07, 6.45) is 0. The van der Waals surface area contributed by atoms with Gasteiger partial charge in [0.1, 0.15) is 28.0 Å². The third-order valence-corrected chi connectivity index (χ3v) is 8.98. The average Bonchev–Trinajstić information content (AvgIpc) is 3.67. The Balaban J connectivity index is 1.27. The molecule has 188 valence electrons. The van der Waals surface area contributed by atoms with Crippen molar-refractivity contribution in [2.45, 2.75) is 0 Å². The molecule has 0 N–H and O–H groups in total. The van der Waals surface area contributed by atoms with Gasteiger partial charge in [-0.25, -0.2) is 9.97 Å². The number of nitrogens with zero attached hydrogens (tertiary/aromatic N) is 2. The number of fused-ring (bicyclic) bond motifs is 9. The van der Waals surface area contributed by atoms with Crippen LogP contribution in [0.3, 0.4) is 0 Å². The normalized spacial score (nSPS) is 12.1. The molecule has 0 atom stereocenters. The molecule has 4 nitrogen and oxygen atoms in total.